The van der Waals surface area contributed by atoms with E-state index in [0.717, 1.165) is 18.7 Å². The maximum atomic E-state index is 12.8. The van der Waals surface area contributed by atoms with Crippen molar-refractivity contribution in [2.24, 2.45) is 7.05 Å². The molecule has 0 spiro atoms. The van der Waals surface area contributed by atoms with E-state index in [1.54, 1.807) is 24.5 Å². The number of hydrogen-bond acceptors (Lipinski definition) is 5. The molecule has 1 aliphatic heterocycles. The number of ether oxygens (including phenoxy) is 1. The van der Waals surface area contributed by atoms with E-state index in [4.69, 9.17) is 17.0 Å². The number of nitrogens with zero attached hydrogens (tertiary/aromatic N) is 4. The van der Waals surface area contributed by atoms with Crippen molar-refractivity contribution in [3.63, 3.8) is 0 Å². The number of hydrogen-bond donors (Lipinski definition) is 1. The highest BCUT2D eigenvalue weighted by molar-refractivity contribution is 7.71. The van der Waals surface area contributed by atoms with E-state index in [-0.39, 0.29) is 5.91 Å². The fourth-order valence-corrected chi connectivity index (χ4v) is 3.60. The zero-order chi connectivity index (χ0) is 19.5. The average Bonchev–Trinajstić information content (AvgIpc) is 3.07. The second-order valence-corrected chi connectivity index (χ2v) is 7.21. The molecule has 0 aliphatic carbocycles. The van der Waals surface area contributed by atoms with Crippen LogP contribution >= 0.6 is 12.2 Å². The number of likely N-dealkylation sites (tertiary alicyclic amines) is 1. The number of piperidine rings is 1. The summed E-state index contributed by atoms with van der Waals surface area (Å²) in [6.45, 7) is 1.41. The molecule has 1 aromatic carbocycles. The maximum absolute atomic E-state index is 12.8. The summed E-state index contributed by atoms with van der Waals surface area (Å²) in [5, 5.41) is 7.17. The van der Waals surface area contributed by atoms with E-state index in [2.05, 4.69) is 15.2 Å². The van der Waals surface area contributed by atoms with Crippen LogP contribution in [0.25, 0.3) is 0 Å². The van der Waals surface area contributed by atoms with Crippen molar-refractivity contribution in [2.45, 2.75) is 18.8 Å². The number of H-pyrrole nitrogens is 1. The second-order valence-electron chi connectivity index (χ2n) is 6.83. The first-order valence-electron chi connectivity index (χ1n) is 9.20. The highest BCUT2D eigenvalue weighted by Gasteiger charge is 2.27. The standard InChI is InChI=1S/C20H21N5O2S/c1-24-18(22-23-20(24)28)14-8-11-25(12-9-14)19(26)15-4-6-16(7-5-15)27-17-3-2-10-21-13-17/h2-7,10,13-14H,8-9,11-12H2,1H3,(H,23,28). The highest BCUT2D eigenvalue weighted by atomic mass is 32.1. The summed E-state index contributed by atoms with van der Waals surface area (Å²) in [7, 11) is 1.92. The molecule has 28 heavy (non-hydrogen) atoms. The lowest BCUT2D eigenvalue weighted by Crippen LogP contribution is -2.38. The van der Waals surface area contributed by atoms with E-state index in [9.17, 15) is 4.79 Å². The molecule has 0 atom stereocenters. The Morgan fingerprint density at radius 2 is 1.93 bits per heavy atom. The van der Waals surface area contributed by atoms with Crippen molar-refractivity contribution in [1.29, 1.82) is 0 Å². The number of benzene rings is 1. The SMILES string of the molecule is Cn1c(C2CCN(C(=O)c3ccc(Oc4cccnc4)cc3)CC2)n[nH]c1=S. The van der Waals surface area contributed by atoms with E-state index >= 15 is 0 Å². The van der Waals surface area contributed by atoms with Crippen molar-refractivity contribution in [3.8, 4) is 11.5 Å². The molecule has 7 nitrogen and oxygen atoms in total. The third kappa shape index (κ3) is 3.82. The van der Waals surface area contributed by atoms with Gasteiger partial charge >= 0.3 is 0 Å². The van der Waals surface area contributed by atoms with Crippen LogP contribution in [-0.2, 0) is 7.05 Å². The van der Waals surface area contributed by atoms with Crippen LogP contribution in [0.3, 0.4) is 0 Å². The Morgan fingerprint density at radius 3 is 2.54 bits per heavy atom. The first-order valence-corrected chi connectivity index (χ1v) is 9.61. The van der Waals surface area contributed by atoms with Crippen LogP contribution in [0.4, 0.5) is 0 Å². The fraction of sp³-hybridized carbons (Fsp3) is 0.300. The predicted octanol–water partition coefficient (Wildman–Crippen LogP) is 3.68. The summed E-state index contributed by atoms with van der Waals surface area (Å²) < 4.78 is 8.27. The van der Waals surface area contributed by atoms with Gasteiger partial charge in [-0.05, 0) is 61.5 Å². The van der Waals surface area contributed by atoms with Gasteiger partial charge in [-0.3, -0.25) is 14.9 Å². The molecule has 0 unspecified atom stereocenters. The molecular formula is C20H21N5O2S. The number of nitrogens with one attached hydrogen (secondary N) is 1. The lowest BCUT2D eigenvalue weighted by atomic mass is 9.95. The zero-order valence-corrected chi connectivity index (χ0v) is 16.4. The Bertz CT molecular complexity index is 1010. The van der Waals surface area contributed by atoms with Gasteiger partial charge in [0.15, 0.2) is 4.77 Å². The molecule has 2 aromatic heterocycles. The van der Waals surface area contributed by atoms with Crippen molar-refractivity contribution < 1.29 is 9.53 Å². The summed E-state index contributed by atoms with van der Waals surface area (Å²) in [5.74, 6) is 2.67. The first-order chi connectivity index (χ1) is 13.6. The number of amides is 1. The van der Waals surface area contributed by atoms with Gasteiger partial charge in [0.05, 0.1) is 6.20 Å². The van der Waals surface area contributed by atoms with Crippen LogP contribution in [0.15, 0.2) is 48.8 Å². The smallest absolute Gasteiger partial charge is 0.253 e. The summed E-state index contributed by atoms with van der Waals surface area (Å²) in [5.41, 5.74) is 0.662. The summed E-state index contributed by atoms with van der Waals surface area (Å²) in [6.07, 6.45) is 5.10. The Kier molecular flexibility index (Phi) is 5.21. The van der Waals surface area contributed by atoms with Crippen LogP contribution < -0.4 is 4.74 Å². The molecule has 0 saturated carbocycles. The minimum Gasteiger partial charge on any atom is -0.456 e. The molecule has 8 heteroatoms. The van der Waals surface area contributed by atoms with Gasteiger partial charge in [0.25, 0.3) is 5.91 Å². The Hall–Kier alpha value is -3.00. The molecule has 1 N–H and O–H groups in total. The lowest BCUT2D eigenvalue weighted by Gasteiger charge is -2.31. The molecule has 0 radical (unpaired) electrons. The van der Waals surface area contributed by atoms with Gasteiger partial charge in [-0.15, -0.1) is 0 Å². The highest BCUT2D eigenvalue weighted by Crippen LogP contribution is 2.27. The molecule has 1 aliphatic rings. The van der Waals surface area contributed by atoms with Crippen LogP contribution in [0, 0.1) is 4.77 Å². The van der Waals surface area contributed by atoms with E-state index in [1.807, 2.05) is 40.8 Å². The summed E-state index contributed by atoms with van der Waals surface area (Å²) in [6, 6.07) is 10.9. The molecular weight excluding hydrogens is 374 g/mol. The van der Waals surface area contributed by atoms with Gasteiger partial charge in [0, 0.05) is 37.8 Å². The van der Waals surface area contributed by atoms with E-state index in [1.165, 1.54) is 0 Å². The number of aromatic amines is 1. The monoisotopic (exact) mass is 395 g/mol. The quantitative estimate of drug-likeness (QED) is 0.682. The molecule has 0 bridgehead atoms. The summed E-state index contributed by atoms with van der Waals surface area (Å²) >= 11 is 5.19. The summed E-state index contributed by atoms with van der Waals surface area (Å²) in [4.78, 5) is 18.7. The number of carbonyl (C=O) groups excluding carboxylic acids is 1. The molecule has 1 saturated heterocycles. The predicted molar refractivity (Wildman–Crippen MR) is 107 cm³/mol. The van der Waals surface area contributed by atoms with Gasteiger partial charge in [-0.2, -0.15) is 5.10 Å². The molecule has 4 rings (SSSR count). The van der Waals surface area contributed by atoms with Crippen LogP contribution in [0.5, 0.6) is 11.5 Å². The van der Waals surface area contributed by atoms with Crippen LogP contribution in [-0.4, -0.2) is 43.6 Å². The van der Waals surface area contributed by atoms with E-state index in [0.29, 0.717) is 40.8 Å². The number of rotatable bonds is 4. The minimum absolute atomic E-state index is 0.0433. The molecule has 1 amide bonds. The van der Waals surface area contributed by atoms with E-state index < -0.39 is 0 Å². The van der Waals surface area contributed by atoms with Crippen molar-refractivity contribution >= 4 is 18.1 Å². The van der Waals surface area contributed by atoms with Crippen molar-refractivity contribution in [1.82, 2.24) is 24.6 Å². The normalized spacial score (nSPS) is 14.8. The number of aromatic nitrogens is 4. The van der Waals surface area contributed by atoms with Gasteiger partial charge < -0.3 is 14.2 Å². The third-order valence-electron chi connectivity index (χ3n) is 5.03. The number of pyridine rings is 1. The molecule has 1 fully saturated rings. The topological polar surface area (TPSA) is 76.0 Å². The lowest BCUT2D eigenvalue weighted by molar-refractivity contribution is 0.0710. The minimum atomic E-state index is 0.0433. The number of carbonyl (C=O) groups is 1. The maximum Gasteiger partial charge on any atom is 0.253 e. The van der Waals surface area contributed by atoms with Gasteiger partial charge in [0.2, 0.25) is 0 Å². The van der Waals surface area contributed by atoms with Crippen molar-refractivity contribution in [2.75, 3.05) is 13.1 Å². The Balaban J connectivity index is 1.37. The second kappa shape index (κ2) is 7.93. The molecule has 3 heterocycles. The average molecular weight is 395 g/mol. The van der Waals surface area contributed by atoms with Gasteiger partial charge in [0.1, 0.15) is 17.3 Å². The van der Waals surface area contributed by atoms with Gasteiger partial charge in [-0.1, -0.05) is 0 Å². The third-order valence-corrected chi connectivity index (χ3v) is 5.40. The van der Waals surface area contributed by atoms with Crippen LogP contribution in [0.1, 0.15) is 34.9 Å². The molecule has 144 valence electrons. The van der Waals surface area contributed by atoms with Crippen LogP contribution in [0.2, 0.25) is 0 Å². The molecule has 3 aromatic rings. The zero-order valence-electron chi connectivity index (χ0n) is 15.5. The van der Waals surface area contributed by atoms with Crippen molar-refractivity contribution in [3.05, 3.63) is 65.0 Å². The fourth-order valence-electron chi connectivity index (χ4n) is 3.46. The first kappa shape index (κ1) is 18.4. The van der Waals surface area contributed by atoms with Gasteiger partial charge in [-0.25, -0.2) is 0 Å². The Labute approximate surface area is 168 Å². The Morgan fingerprint density at radius 1 is 1.18 bits per heavy atom. The largest absolute Gasteiger partial charge is 0.456 e.